The summed E-state index contributed by atoms with van der Waals surface area (Å²) in [6.45, 7) is 4.84. The standard InChI is InChI=1S/C15H20BrN/c1-12-8-13-4-2-3-5-14(13)17(9-12)11-15(10-16)6-7-15/h2-5,12H,6-11H2,1H3. The van der Waals surface area contributed by atoms with Crippen LogP contribution < -0.4 is 4.90 Å². The summed E-state index contributed by atoms with van der Waals surface area (Å²) in [6.07, 6.45) is 4.03. The first-order valence-electron chi connectivity index (χ1n) is 6.61. The zero-order valence-corrected chi connectivity index (χ0v) is 12.0. The molecule has 1 unspecified atom stereocenters. The summed E-state index contributed by atoms with van der Waals surface area (Å²) >= 11 is 3.69. The summed E-state index contributed by atoms with van der Waals surface area (Å²) in [7, 11) is 0. The van der Waals surface area contributed by atoms with Crippen LogP contribution >= 0.6 is 15.9 Å². The predicted octanol–water partition coefficient (Wildman–Crippen LogP) is 3.86. The molecule has 0 spiro atoms. The number of hydrogen-bond donors (Lipinski definition) is 0. The van der Waals surface area contributed by atoms with Gasteiger partial charge in [-0.25, -0.2) is 0 Å². The lowest BCUT2D eigenvalue weighted by Gasteiger charge is -2.37. The smallest absolute Gasteiger partial charge is 0.0399 e. The van der Waals surface area contributed by atoms with Crippen LogP contribution in [0, 0.1) is 11.3 Å². The molecule has 17 heavy (non-hydrogen) atoms. The Morgan fingerprint density at radius 3 is 2.82 bits per heavy atom. The van der Waals surface area contributed by atoms with Crippen molar-refractivity contribution in [1.82, 2.24) is 0 Å². The number of benzene rings is 1. The summed E-state index contributed by atoms with van der Waals surface area (Å²) < 4.78 is 0. The molecule has 92 valence electrons. The second-order valence-corrected chi connectivity index (χ2v) is 6.51. The van der Waals surface area contributed by atoms with Crippen LogP contribution in [-0.2, 0) is 6.42 Å². The SMILES string of the molecule is CC1Cc2ccccc2N(CC2(CBr)CC2)C1. The van der Waals surface area contributed by atoms with Crippen LogP contribution in [0.15, 0.2) is 24.3 Å². The Morgan fingerprint density at radius 1 is 1.35 bits per heavy atom. The van der Waals surface area contributed by atoms with E-state index in [9.17, 15) is 0 Å². The molecule has 0 aromatic heterocycles. The Morgan fingerprint density at radius 2 is 2.12 bits per heavy atom. The van der Waals surface area contributed by atoms with Crippen molar-refractivity contribution in [2.24, 2.45) is 11.3 Å². The van der Waals surface area contributed by atoms with Gasteiger partial charge in [0.05, 0.1) is 0 Å². The van der Waals surface area contributed by atoms with Crippen LogP contribution in [-0.4, -0.2) is 18.4 Å². The molecule has 1 atom stereocenters. The molecule has 0 radical (unpaired) electrons. The van der Waals surface area contributed by atoms with Crippen LogP contribution in [0.25, 0.3) is 0 Å². The number of halogens is 1. The number of nitrogens with zero attached hydrogens (tertiary/aromatic N) is 1. The van der Waals surface area contributed by atoms with Crippen molar-refractivity contribution in [2.45, 2.75) is 26.2 Å². The summed E-state index contributed by atoms with van der Waals surface area (Å²) in [6, 6.07) is 8.94. The largest absolute Gasteiger partial charge is 0.370 e. The lowest BCUT2D eigenvalue weighted by Crippen LogP contribution is -2.38. The Kier molecular flexibility index (Phi) is 2.94. The van der Waals surface area contributed by atoms with Gasteiger partial charge in [-0.3, -0.25) is 0 Å². The van der Waals surface area contributed by atoms with Crippen molar-refractivity contribution >= 4 is 21.6 Å². The van der Waals surface area contributed by atoms with E-state index in [0.717, 1.165) is 11.2 Å². The summed E-state index contributed by atoms with van der Waals surface area (Å²) in [5.41, 5.74) is 3.60. The minimum absolute atomic E-state index is 0.574. The molecule has 0 saturated heterocycles. The van der Waals surface area contributed by atoms with Crippen LogP contribution in [0.4, 0.5) is 5.69 Å². The van der Waals surface area contributed by atoms with E-state index in [4.69, 9.17) is 0 Å². The second kappa shape index (κ2) is 4.31. The van der Waals surface area contributed by atoms with Crippen molar-refractivity contribution in [3.05, 3.63) is 29.8 Å². The normalized spacial score (nSPS) is 25.5. The highest BCUT2D eigenvalue weighted by Gasteiger charge is 2.43. The molecule has 1 saturated carbocycles. The summed E-state index contributed by atoms with van der Waals surface area (Å²) in [5, 5.41) is 1.16. The van der Waals surface area contributed by atoms with E-state index in [0.29, 0.717) is 5.41 Å². The third-order valence-corrected chi connectivity index (χ3v) is 5.39. The average molecular weight is 294 g/mol. The van der Waals surface area contributed by atoms with Crippen molar-refractivity contribution in [2.75, 3.05) is 23.3 Å². The molecule has 1 heterocycles. The summed E-state index contributed by atoms with van der Waals surface area (Å²) in [4.78, 5) is 2.62. The summed E-state index contributed by atoms with van der Waals surface area (Å²) in [5.74, 6) is 0.788. The van der Waals surface area contributed by atoms with E-state index in [-0.39, 0.29) is 0 Å². The Bertz CT molecular complexity index is 411. The molecule has 1 aliphatic carbocycles. The van der Waals surface area contributed by atoms with Gasteiger partial charge < -0.3 is 4.90 Å². The highest BCUT2D eigenvalue weighted by Crippen LogP contribution is 2.48. The Labute approximate surface area is 112 Å². The van der Waals surface area contributed by atoms with Gasteiger partial charge in [0.2, 0.25) is 0 Å². The van der Waals surface area contributed by atoms with Crippen LogP contribution in [0.5, 0.6) is 0 Å². The van der Waals surface area contributed by atoms with Crippen molar-refractivity contribution in [3.8, 4) is 0 Å². The quantitative estimate of drug-likeness (QED) is 0.765. The van der Waals surface area contributed by atoms with E-state index >= 15 is 0 Å². The minimum atomic E-state index is 0.574. The van der Waals surface area contributed by atoms with E-state index in [1.807, 2.05) is 0 Å². The van der Waals surface area contributed by atoms with Crippen LogP contribution in [0.2, 0.25) is 0 Å². The number of fused-ring (bicyclic) bond motifs is 1. The lowest BCUT2D eigenvalue weighted by molar-refractivity contribution is 0.482. The Hall–Kier alpha value is -0.500. The Balaban J connectivity index is 1.85. The van der Waals surface area contributed by atoms with Crippen LogP contribution in [0.3, 0.4) is 0 Å². The van der Waals surface area contributed by atoms with E-state index in [1.54, 1.807) is 0 Å². The third-order valence-electron chi connectivity index (χ3n) is 4.20. The van der Waals surface area contributed by atoms with Gasteiger partial charge in [-0.1, -0.05) is 41.1 Å². The molecule has 0 N–H and O–H groups in total. The molecule has 1 nitrogen and oxygen atoms in total. The van der Waals surface area contributed by atoms with Gasteiger partial charge in [-0.2, -0.15) is 0 Å². The first kappa shape index (κ1) is 11.6. The molecule has 1 aromatic rings. The number of alkyl halides is 1. The zero-order chi connectivity index (χ0) is 11.9. The monoisotopic (exact) mass is 293 g/mol. The van der Waals surface area contributed by atoms with Gasteiger partial charge in [0.25, 0.3) is 0 Å². The van der Waals surface area contributed by atoms with Gasteiger partial charge in [0.15, 0.2) is 0 Å². The molecule has 1 aromatic carbocycles. The van der Waals surface area contributed by atoms with Crippen molar-refractivity contribution in [1.29, 1.82) is 0 Å². The maximum absolute atomic E-state index is 3.69. The minimum Gasteiger partial charge on any atom is -0.370 e. The maximum atomic E-state index is 3.69. The molecular formula is C15H20BrN. The van der Waals surface area contributed by atoms with E-state index in [2.05, 4.69) is 52.0 Å². The number of anilines is 1. The predicted molar refractivity (Wildman–Crippen MR) is 77.0 cm³/mol. The molecule has 0 amide bonds. The topological polar surface area (TPSA) is 3.24 Å². The van der Waals surface area contributed by atoms with Gasteiger partial charge in [0, 0.05) is 24.1 Å². The van der Waals surface area contributed by atoms with Gasteiger partial charge in [-0.15, -0.1) is 0 Å². The van der Waals surface area contributed by atoms with Gasteiger partial charge in [0.1, 0.15) is 0 Å². The van der Waals surface area contributed by atoms with Gasteiger partial charge >= 0.3 is 0 Å². The zero-order valence-electron chi connectivity index (χ0n) is 10.5. The van der Waals surface area contributed by atoms with E-state index in [1.165, 1.54) is 43.6 Å². The van der Waals surface area contributed by atoms with Crippen molar-refractivity contribution < 1.29 is 0 Å². The molecule has 1 aliphatic heterocycles. The fourth-order valence-electron chi connectivity index (χ4n) is 2.97. The molecular weight excluding hydrogens is 274 g/mol. The highest BCUT2D eigenvalue weighted by molar-refractivity contribution is 9.09. The number of rotatable bonds is 3. The fraction of sp³-hybridized carbons (Fsp3) is 0.600. The van der Waals surface area contributed by atoms with Crippen LogP contribution in [0.1, 0.15) is 25.3 Å². The number of para-hydroxylation sites is 1. The van der Waals surface area contributed by atoms with Gasteiger partial charge in [-0.05, 0) is 42.2 Å². The fourth-order valence-corrected chi connectivity index (χ4v) is 3.71. The lowest BCUT2D eigenvalue weighted by atomic mass is 9.93. The molecule has 2 heteroatoms. The average Bonchev–Trinajstić information content (AvgIpc) is 3.09. The first-order valence-corrected chi connectivity index (χ1v) is 7.73. The van der Waals surface area contributed by atoms with E-state index < -0.39 is 0 Å². The molecule has 2 aliphatic rings. The third kappa shape index (κ3) is 2.24. The maximum Gasteiger partial charge on any atom is 0.0399 e. The highest BCUT2D eigenvalue weighted by atomic mass is 79.9. The molecule has 0 bridgehead atoms. The van der Waals surface area contributed by atoms with Crippen molar-refractivity contribution in [3.63, 3.8) is 0 Å². The first-order chi connectivity index (χ1) is 8.22. The second-order valence-electron chi connectivity index (χ2n) is 5.95. The molecule has 3 rings (SSSR count). The molecule has 1 fully saturated rings. The number of hydrogen-bond acceptors (Lipinski definition) is 1.